The molecule has 0 bridgehead atoms. The van der Waals surface area contributed by atoms with Crippen LogP contribution >= 0.6 is 0 Å². The van der Waals surface area contributed by atoms with Gasteiger partial charge in [-0.3, -0.25) is 14.4 Å². The minimum atomic E-state index is -0.361. The van der Waals surface area contributed by atoms with Gasteiger partial charge in [0.05, 0.1) is 6.61 Å². The van der Waals surface area contributed by atoms with Crippen molar-refractivity contribution in [3.8, 4) is 0 Å². The van der Waals surface area contributed by atoms with Crippen LogP contribution in [0.15, 0.2) is 0 Å². The van der Waals surface area contributed by atoms with Gasteiger partial charge in [0.15, 0.2) is 0 Å². The third-order valence-electron chi connectivity index (χ3n) is 9.83. The number of hydrogen-bond acceptors (Lipinski definition) is 5. The Hall–Kier alpha value is -1.39. The molecule has 2 unspecified atom stereocenters. The first-order valence-electron chi connectivity index (χ1n) is 11.9. The Kier molecular flexibility index (Phi) is 5.34. The summed E-state index contributed by atoms with van der Waals surface area (Å²) in [7, 11) is 0. The fourth-order valence-corrected chi connectivity index (χ4v) is 8.47. The van der Waals surface area contributed by atoms with Crippen LogP contribution in [-0.2, 0) is 23.9 Å². The van der Waals surface area contributed by atoms with E-state index in [1.807, 2.05) is 0 Å². The summed E-state index contributed by atoms with van der Waals surface area (Å²) in [6.45, 7) is 10.0. The largest absolute Gasteiger partial charge is 0.465 e. The molecule has 0 aliphatic heterocycles. The Morgan fingerprint density at radius 2 is 1.67 bits per heavy atom. The first-order valence-corrected chi connectivity index (χ1v) is 11.9. The molecule has 0 N–H and O–H groups in total. The average molecular weight is 419 g/mol. The molecule has 5 nitrogen and oxygen atoms in total. The predicted molar refractivity (Wildman–Crippen MR) is 112 cm³/mol. The minimum absolute atomic E-state index is 0.0208. The highest BCUT2D eigenvalue weighted by Crippen LogP contribution is 2.68. The summed E-state index contributed by atoms with van der Waals surface area (Å²) in [6, 6.07) is 0. The van der Waals surface area contributed by atoms with Gasteiger partial charge < -0.3 is 9.47 Å². The maximum atomic E-state index is 12.8. The molecule has 168 valence electrons. The first-order chi connectivity index (χ1) is 14.0. The molecule has 4 fully saturated rings. The smallest absolute Gasteiger partial charge is 0.302 e. The molecule has 0 heterocycles. The zero-order chi connectivity index (χ0) is 21.9. The molecule has 4 aliphatic rings. The van der Waals surface area contributed by atoms with E-state index in [1.165, 1.54) is 13.8 Å². The van der Waals surface area contributed by atoms with Gasteiger partial charge in [-0.15, -0.1) is 0 Å². The molecule has 7 atom stereocenters. The number of carbonyl (C=O) groups excluding carboxylic acids is 3. The fourth-order valence-electron chi connectivity index (χ4n) is 8.47. The van der Waals surface area contributed by atoms with Crippen molar-refractivity contribution in [3.05, 3.63) is 0 Å². The summed E-state index contributed by atoms with van der Waals surface area (Å²) >= 11 is 0. The zero-order valence-electron chi connectivity index (χ0n) is 19.3. The third-order valence-corrected chi connectivity index (χ3v) is 9.83. The molecule has 0 aromatic heterocycles. The van der Waals surface area contributed by atoms with Crippen molar-refractivity contribution in [2.45, 2.75) is 92.1 Å². The second-order valence-electron chi connectivity index (χ2n) is 11.4. The third kappa shape index (κ3) is 3.14. The highest BCUT2D eigenvalue weighted by molar-refractivity contribution is 5.85. The molecule has 4 aliphatic carbocycles. The number of esters is 2. The van der Waals surface area contributed by atoms with Crippen LogP contribution in [0.1, 0.15) is 86.0 Å². The molecule has 0 radical (unpaired) electrons. The number of ether oxygens (including phenoxy) is 2. The van der Waals surface area contributed by atoms with Crippen LogP contribution in [0.4, 0.5) is 0 Å². The van der Waals surface area contributed by atoms with E-state index < -0.39 is 0 Å². The van der Waals surface area contributed by atoms with Gasteiger partial charge in [0.1, 0.15) is 11.9 Å². The van der Waals surface area contributed by atoms with Crippen LogP contribution in [0.25, 0.3) is 0 Å². The molecular formula is C25H38O5. The summed E-state index contributed by atoms with van der Waals surface area (Å²) < 4.78 is 11.5. The number of hydrogen-bond donors (Lipinski definition) is 0. The summed E-state index contributed by atoms with van der Waals surface area (Å²) in [4.78, 5) is 36.3. The zero-order valence-corrected chi connectivity index (χ0v) is 19.3. The summed E-state index contributed by atoms with van der Waals surface area (Å²) in [5, 5.41) is 0. The van der Waals surface area contributed by atoms with Gasteiger partial charge in [0.25, 0.3) is 0 Å². The molecule has 30 heavy (non-hydrogen) atoms. The van der Waals surface area contributed by atoms with E-state index in [1.54, 1.807) is 0 Å². The number of Topliss-reactive ketones (excluding diaryl/α,β-unsaturated/α-hetero) is 1. The number of ketones is 1. The van der Waals surface area contributed by atoms with Crippen LogP contribution in [0.5, 0.6) is 0 Å². The van der Waals surface area contributed by atoms with Gasteiger partial charge in [-0.05, 0) is 68.6 Å². The standard InChI is InChI=1S/C25H38O5/c1-15(26)29-14-25-13-11-21(28)23(3,4)20(25)8-6-17-18-7-9-22(30-16(2)27)24(18,5)12-10-19(17)25/h17-20,22H,6-14H2,1-5H3/t17-,18-,19-,20?,22?,24-,25-/m0/s1. The summed E-state index contributed by atoms with van der Waals surface area (Å²) in [5.41, 5.74) is -0.421. The van der Waals surface area contributed by atoms with Crippen LogP contribution in [0.2, 0.25) is 0 Å². The van der Waals surface area contributed by atoms with E-state index in [9.17, 15) is 14.4 Å². The van der Waals surface area contributed by atoms with Gasteiger partial charge in [0, 0.05) is 36.5 Å². The Balaban J connectivity index is 1.67. The van der Waals surface area contributed by atoms with Gasteiger partial charge in [-0.25, -0.2) is 0 Å². The molecular weight excluding hydrogens is 380 g/mol. The fraction of sp³-hybridized carbons (Fsp3) is 0.880. The van der Waals surface area contributed by atoms with Crippen molar-refractivity contribution in [2.75, 3.05) is 6.61 Å². The minimum Gasteiger partial charge on any atom is -0.465 e. The van der Waals surface area contributed by atoms with Crippen molar-refractivity contribution < 1.29 is 23.9 Å². The molecule has 5 heteroatoms. The van der Waals surface area contributed by atoms with E-state index in [0.29, 0.717) is 36.6 Å². The second kappa shape index (κ2) is 7.34. The monoisotopic (exact) mass is 418 g/mol. The Labute approximate surface area is 180 Å². The van der Waals surface area contributed by atoms with Crippen molar-refractivity contribution in [2.24, 2.45) is 39.9 Å². The SMILES string of the molecule is CC(=O)OC[C@]12CCC(=O)C(C)(C)C1CC[C@@H]1[C@@H]2CC[C@]2(C)C(OC(C)=O)CC[C@@H]12. The van der Waals surface area contributed by atoms with Crippen molar-refractivity contribution in [1.82, 2.24) is 0 Å². The van der Waals surface area contributed by atoms with E-state index >= 15 is 0 Å². The predicted octanol–water partition coefficient (Wildman–Crippen LogP) is 4.71. The lowest BCUT2D eigenvalue weighted by atomic mass is 9.41. The van der Waals surface area contributed by atoms with Gasteiger partial charge >= 0.3 is 11.9 Å². The van der Waals surface area contributed by atoms with Crippen molar-refractivity contribution >= 4 is 17.7 Å². The average Bonchev–Trinajstić information content (AvgIpc) is 2.99. The molecule has 4 rings (SSSR count). The number of fused-ring (bicyclic) bond motifs is 5. The Morgan fingerprint density at radius 1 is 0.933 bits per heavy atom. The highest BCUT2D eigenvalue weighted by Gasteiger charge is 2.65. The van der Waals surface area contributed by atoms with Gasteiger partial charge in [-0.1, -0.05) is 20.8 Å². The normalized spacial score (nSPS) is 44.4. The van der Waals surface area contributed by atoms with Gasteiger partial charge in [-0.2, -0.15) is 0 Å². The lowest BCUT2D eigenvalue weighted by Gasteiger charge is -2.63. The maximum Gasteiger partial charge on any atom is 0.302 e. The topological polar surface area (TPSA) is 69.7 Å². The van der Waals surface area contributed by atoms with E-state index in [4.69, 9.17) is 9.47 Å². The highest BCUT2D eigenvalue weighted by atomic mass is 16.5. The van der Waals surface area contributed by atoms with E-state index in [0.717, 1.165) is 44.9 Å². The van der Waals surface area contributed by atoms with Gasteiger partial charge in [0.2, 0.25) is 0 Å². The lowest BCUT2D eigenvalue weighted by Crippen LogP contribution is -2.61. The molecule has 0 aromatic rings. The van der Waals surface area contributed by atoms with E-state index in [-0.39, 0.29) is 40.2 Å². The Morgan fingerprint density at radius 3 is 2.33 bits per heavy atom. The van der Waals surface area contributed by atoms with Crippen molar-refractivity contribution in [3.63, 3.8) is 0 Å². The number of rotatable bonds is 3. The lowest BCUT2D eigenvalue weighted by molar-refractivity contribution is -0.192. The quantitative estimate of drug-likeness (QED) is 0.621. The first kappa shape index (κ1) is 21.8. The molecule has 4 saturated carbocycles. The number of carbonyl (C=O) groups is 3. The van der Waals surface area contributed by atoms with Crippen LogP contribution in [0, 0.1) is 39.9 Å². The summed E-state index contributed by atoms with van der Waals surface area (Å²) in [6.07, 6.45) is 7.76. The van der Waals surface area contributed by atoms with Crippen LogP contribution in [0.3, 0.4) is 0 Å². The van der Waals surface area contributed by atoms with Crippen LogP contribution < -0.4 is 0 Å². The molecule has 0 saturated heterocycles. The van der Waals surface area contributed by atoms with Crippen LogP contribution in [-0.4, -0.2) is 30.4 Å². The molecule has 0 amide bonds. The second-order valence-corrected chi connectivity index (χ2v) is 11.4. The molecule has 0 aromatic carbocycles. The summed E-state index contributed by atoms with van der Waals surface area (Å²) in [5.74, 6) is 1.79. The van der Waals surface area contributed by atoms with E-state index in [2.05, 4.69) is 20.8 Å². The Bertz CT molecular complexity index is 742. The molecule has 0 spiro atoms. The maximum absolute atomic E-state index is 12.8. The van der Waals surface area contributed by atoms with Crippen molar-refractivity contribution in [1.29, 1.82) is 0 Å².